The van der Waals surface area contributed by atoms with E-state index in [0.717, 1.165) is 13.1 Å². The number of hydrogen-bond acceptors (Lipinski definition) is 6. The lowest BCUT2D eigenvalue weighted by molar-refractivity contribution is -0.129. The van der Waals surface area contributed by atoms with Gasteiger partial charge in [0.15, 0.2) is 5.54 Å². The molecule has 4 amide bonds. The summed E-state index contributed by atoms with van der Waals surface area (Å²) in [6.45, 7) is 12.3. The van der Waals surface area contributed by atoms with Gasteiger partial charge >= 0.3 is 6.03 Å². The van der Waals surface area contributed by atoms with Crippen LogP contribution in [0, 0.1) is 6.92 Å². The molecular formula is C33H39Cl2N5O5S. The number of nitrogens with one attached hydrogen (secondary N) is 2. The Morgan fingerprint density at radius 1 is 0.870 bits per heavy atom. The summed E-state index contributed by atoms with van der Waals surface area (Å²) >= 11 is 13.3. The number of nitrogens with zero attached hydrogens (tertiary/aromatic N) is 3. The molecule has 3 aromatic carbocycles. The zero-order chi connectivity index (χ0) is 33.8. The minimum Gasteiger partial charge on any atom is -0.334 e. The van der Waals surface area contributed by atoms with Crippen LogP contribution >= 0.6 is 23.2 Å². The van der Waals surface area contributed by atoms with Crippen LogP contribution in [0.4, 0.5) is 16.2 Å². The standard InChI is InChI=1S/C33H39Cl2N5O5S/c1-6-38(7-2)19-18-30(41)37-33(25-12-10-11-13-27(25)34)26-21-28(35)22(5)20-29(26)40(31(33)42)46(44,45)24-16-14-23(15-17-24)36-32(43)39(8-3)9-4/h10-17,20-21H,6-9,18-19H2,1-5H3,(H,36,43)(H,37,41). The van der Waals surface area contributed by atoms with Gasteiger partial charge in [0.1, 0.15) is 0 Å². The number of urea groups is 1. The summed E-state index contributed by atoms with van der Waals surface area (Å²) < 4.78 is 29.4. The summed E-state index contributed by atoms with van der Waals surface area (Å²) in [4.78, 5) is 44.4. The Kier molecular flexibility index (Phi) is 11.0. The number of aryl methyl sites for hydroxylation is 1. The van der Waals surface area contributed by atoms with Crippen molar-refractivity contribution in [3.05, 3.63) is 87.4 Å². The summed E-state index contributed by atoms with van der Waals surface area (Å²) in [5, 5.41) is 6.09. The van der Waals surface area contributed by atoms with E-state index in [0.29, 0.717) is 35.2 Å². The molecule has 0 saturated carbocycles. The molecule has 1 aliphatic rings. The Morgan fingerprint density at radius 3 is 2.09 bits per heavy atom. The summed E-state index contributed by atoms with van der Waals surface area (Å²) in [6, 6.07) is 14.8. The maximum Gasteiger partial charge on any atom is 0.321 e. The minimum atomic E-state index is -4.55. The average Bonchev–Trinajstić information content (AvgIpc) is 3.26. The molecule has 0 radical (unpaired) electrons. The molecule has 0 spiro atoms. The summed E-state index contributed by atoms with van der Waals surface area (Å²) in [7, 11) is -4.55. The predicted molar refractivity (Wildman–Crippen MR) is 182 cm³/mol. The Morgan fingerprint density at radius 2 is 1.50 bits per heavy atom. The van der Waals surface area contributed by atoms with Crippen molar-refractivity contribution >= 4 is 62.4 Å². The Labute approximate surface area is 280 Å². The molecule has 0 bridgehead atoms. The number of benzene rings is 3. The van der Waals surface area contributed by atoms with Crippen molar-refractivity contribution in [3.63, 3.8) is 0 Å². The third kappa shape index (κ3) is 6.60. The molecular weight excluding hydrogens is 649 g/mol. The van der Waals surface area contributed by atoms with Crippen LogP contribution in [-0.2, 0) is 25.2 Å². The lowest BCUT2D eigenvalue weighted by atomic mass is 9.83. The average molecular weight is 689 g/mol. The topological polar surface area (TPSA) is 119 Å². The minimum absolute atomic E-state index is 0.0507. The van der Waals surface area contributed by atoms with Gasteiger partial charge in [-0.15, -0.1) is 0 Å². The molecule has 4 rings (SSSR count). The van der Waals surface area contributed by atoms with E-state index in [1.165, 1.54) is 36.4 Å². The molecule has 1 aliphatic heterocycles. The molecule has 2 N–H and O–H groups in total. The monoisotopic (exact) mass is 687 g/mol. The zero-order valence-corrected chi connectivity index (χ0v) is 28.9. The van der Waals surface area contributed by atoms with Crippen LogP contribution in [0.1, 0.15) is 50.8 Å². The van der Waals surface area contributed by atoms with E-state index >= 15 is 0 Å². The molecule has 0 aliphatic carbocycles. The van der Waals surface area contributed by atoms with E-state index in [2.05, 4.69) is 15.5 Å². The Balaban J connectivity index is 1.84. The van der Waals surface area contributed by atoms with Crippen LogP contribution in [-0.4, -0.2) is 68.8 Å². The molecule has 1 atom stereocenters. The van der Waals surface area contributed by atoms with Gasteiger partial charge in [0.25, 0.3) is 15.9 Å². The number of fused-ring (bicyclic) bond motifs is 1. The van der Waals surface area contributed by atoms with E-state index < -0.39 is 27.4 Å². The second kappa shape index (κ2) is 14.4. The number of carbonyl (C=O) groups is 3. The smallest absolute Gasteiger partial charge is 0.321 e. The number of rotatable bonds is 12. The summed E-state index contributed by atoms with van der Waals surface area (Å²) in [6.07, 6.45) is 0.0590. The number of halogens is 2. The van der Waals surface area contributed by atoms with E-state index in [1.54, 1.807) is 36.1 Å². The maximum absolute atomic E-state index is 14.8. The number of carbonyl (C=O) groups excluding carboxylic acids is 3. The van der Waals surface area contributed by atoms with E-state index in [1.807, 2.05) is 27.7 Å². The zero-order valence-electron chi connectivity index (χ0n) is 26.6. The number of amides is 4. The van der Waals surface area contributed by atoms with Gasteiger partial charge in [0.2, 0.25) is 5.91 Å². The fraction of sp³-hybridized carbons (Fsp3) is 0.364. The summed E-state index contributed by atoms with van der Waals surface area (Å²) in [5.41, 5.74) is -0.621. The van der Waals surface area contributed by atoms with Crippen molar-refractivity contribution in [1.82, 2.24) is 15.1 Å². The van der Waals surface area contributed by atoms with Gasteiger partial charge in [0.05, 0.1) is 10.6 Å². The van der Waals surface area contributed by atoms with Crippen molar-refractivity contribution in [2.75, 3.05) is 42.3 Å². The molecule has 246 valence electrons. The first-order chi connectivity index (χ1) is 21.8. The number of sulfonamides is 1. The van der Waals surface area contributed by atoms with Crippen LogP contribution < -0.4 is 14.9 Å². The lowest BCUT2D eigenvalue weighted by Gasteiger charge is -2.31. The van der Waals surface area contributed by atoms with Crippen molar-refractivity contribution < 1.29 is 22.8 Å². The first kappa shape index (κ1) is 35.2. The largest absolute Gasteiger partial charge is 0.334 e. The Bertz CT molecular complexity index is 1730. The molecule has 0 saturated heterocycles. The van der Waals surface area contributed by atoms with Gasteiger partial charge in [-0.25, -0.2) is 13.2 Å². The molecule has 1 unspecified atom stereocenters. The van der Waals surface area contributed by atoms with E-state index in [4.69, 9.17) is 23.2 Å². The highest BCUT2D eigenvalue weighted by Crippen LogP contribution is 2.50. The van der Waals surface area contributed by atoms with Gasteiger partial charge in [-0.05, 0) is 81.9 Å². The normalized spacial score (nSPS) is 16.0. The highest BCUT2D eigenvalue weighted by atomic mass is 35.5. The third-order valence-electron chi connectivity index (χ3n) is 8.25. The van der Waals surface area contributed by atoms with Gasteiger partial charge in [0, 0.05) is 52.9 Å². The van der Waals surface area contributed by atoms with Gasteiger partial charge in [-0.3, -0.25) is 9.59 Å². The second-order valence-corrected chi connectivity index (χ2v) is 13.5. The fourth-order valence-electron chi connectivity index (χ4n) is 5.56. The van der Waals surface area contributed by atoms with Crippen LogP contribution in [0.5, 0.6) is 0 Å². The quantitative estimate of drug-likeness (QED) is 0.241. The molecule has 13 heteroatoms. The van der Waals surface area contributed by atoms with Crippen molar-refractivity contribution in [2.24, 2.45) is 0 Å². The van der Waals surface area contributed by atoms with Crippen LogP contribution in [0.15, 0.2) is 65.6 Å². The molecule has 0 aromatic heterocycles. The molecule has 1 heterocycles. The first-order valence-electron chi connectivity index (χ1n) is 15.2. The second-order valence-electron chi connectivity index (χ2n) is 10.9. The van der Waals surface area contributed by atoms with Gasteiger partial charge < -0.3 is 20.4 Å². The van der Waals surface area contributed by atoms with E-state index in [-0.39, 0.29) is 44.2 Å². The molecule has 10 nitrogen and oxygen atoms in total. The van der Waals surface area contributed by atoms with Crippen molar-refractivity contribution in [1.29, 1.82) is 0 Å². The predicted octanol–water partition coefficient (Wildman–Crippen LogP) is 6.00. The lowest BCUT2D eigenvalue weighted by Crippen LogP contribution is -2.55. The van der Waals surface area contributed by atoms with Crippen molar-refractivity contribution in [3.8, 4) is 0 Å². The van der Waals surface area contributed by atoms with Gasteiger partial charge in [-0.1, -0.05) is 55.2 Å². The summed E-state index contributed by atoms with van der Waals surface area (Å²) in [5.74, 6) is -1.39. The SMILES string of the molecule is CCN(CC)CCC(=O)NC1(c2ccccc2Cl)C(=O)N(S(=O)(=O)c2ccc(NC(=O)N(CC)CC)cc2)c2cc(C)c(Cl)cc21. The number of anilines is 2. The van der Waals surface area contributed by atoms with Crippen molar-refractivity contribution in [2.45, 2.75) is 51.5 Å². The molecule has 46 heavy (non-hydrogen) atoms. The third-order valence-corrected chi connectivity index (χ3v) is 10.7. The van der Waals surface area contributed by atoms with Crippen LogP contribution in [0.2, 0.25) is 10.0 Å². The maximum atomic E-state index is 14.8. The van der Waals surface area contributed by atoms with E-state index in [9.17, 15) is 22.8 Å². The number of hydrogen-bond donors (Lipinski definition) is 2. The van der Waals surface area contributed by atoms with Gasteiger partial charge in [-0.2, -0.15) is 4.31 Å². The first-order valence-corrected chi connectivity index (χ1v) is 17.4. The molecule has 0 fully saturated rings. The fourth-order valence-corrected chi connectivity index (χ4v) is 7.46. The Hall–Kier alpha value is -3.64. The van der Waals surface area contributed by atoms with Crippen LogP contribution in [0.3, 0.4) is 0 Å². The molecule has 3 aromatic rings. The highest BCUT2D eigenvalue weighted by Gasteiger charge is 2.58. The highest BCUT2D eigenvalue weighted by molar-refractivity contribution is 7.93. The van der Waals surface area contributed by atoms with Crippen LogP contribution in [0.25, 0.3) is 0 Å².